The second-order valence-electron chi connectivity index (χ2n) is 13.7. The van der Waals surface area contributed by atoms with Crippen LogP contribution in [0.4, 0.5) is 0 Å². The maximum absolute atomic E-state index is 11.4. The summed E-state index contributed by atoms with van der Waals surface area (Å²) in [7, 11) is 0. The molecule has 0 rings (SSSR count). The van der Waals surface area contributed by atoms with Crippen LogP contribution in [0.5, 0.6) is 0 Å². The summed E-state index contributed by atoms with van der Waals surface area (Å²) in [6.07, 6.45) is 43.8. The minimum absolute atomic E-state index is 0.0687. The molecule has 0 fully saturated rings. The molecule has 0 aromatic carbocycles. The Hall–Kier alpha value is -0.570. The maximum Gasteiger partial charge on any atom is 0.332 e. The van der Waals surface area contributed by atoms with Crippen LogP contribution in [0, 0.1) is 5.92 Å². The number of carboxylic acids is 1. The molecule has 0 amide bonds. The number of aliphatic hydroxyl groups excluding tert-OH is 1. The van der Waals surface area contributed by atoms with Gasteiger partial charge in [-0.05, 0) is 18.8 Å². The predicted molar refractivity (Wildman–Crippen MR) is 185 cm³/mol. The van der Waals surface area contributed by atoms with E-state index < -0.39 is 12.1 Å². The molecule has 0 aliphatic heterocycles. The van der Waals surface area contributed by atoms with Crippen molar-refractivity contribution < 1.29 is 15.0 Å². The predicted octanol–water partition coefficient (Wildman–Crippen LogP) is 13.4. The van der Waals surface area contributed by atoms with Crippen molar-refractivity contribution >= 4 is 5.97 Å². The molecule has 252 valence electrons. The third kappa shape index (κ3) is 30.9. The van der Waals surface area contributed by atoms with Crippen LogP contribution in [0.2, 0.25) is 0 Å². The molecule has 42 heavy (non-hydrogen) atoms. The average Bonchev–Trinajstić information content (AvgIpc) is 2.99. The number of carbonyl (C=O) groups is 1. The fraction of sp³-hybridized carbons (Fsp3) is 0.974. The highest BCUT2D eigenvalue weighted by Gasteiger charge is 2.24. The van der Waals surface area contributed by atoms with Crippen molar-refractivity contribution in [2.24, 2.45) is 5.92 Å². The Balaban J connectivity index is 3.59. The van der Waals surface area contributed by atoms with Gasteiger partial charge in [-0.25, -0.2) is 4.79 Å². The number of hydrogen-bond donors (Lipinski definition) is 2. The summed E-state index contributed by atoms with van der Waals surface area (Å²) in [5, 5.41) is 19.6. The summed E-state index contributed by atoms with van der Waals surface area (Å²) in [4.78, 5) is 11.4. The van der Waals surface area contributed by atoms with Crippen molar-refractivity contribution in [3.05, 3.63) is 0 Å². The molecule has 3 heteroatoms. The summed E-state index contributed by atoms with van der Waals surface area (Å²) < 4.78 is 0. The quantitative estimate of drug-likeness (QED) is 0.0709. The fourth-order valence-corrected chi connectivity index (χ4v) is 6.57. The van der Waals surface area contributed by atoms with E-state index >= 15 is 0 Å². The summed E-state index contributed by atoms with van der Waals surface area (Å²) in [5.41, 5.74) is 0. The fourth-order valence-electron chi connectivity index (χ4n) is 6.57. The van der Waals surface area contributed by atoms with Gasteiger partial charge in [0.1, 0.15) is 0 Å². The van der Waals surface area contributed by atoms with E-state index in [9.17, 15) is 15.0 Å². The molecule has 0 aliphatic carbocycles. The Bertz CT molecular complexity index is 484. The molecule has 0 spiro atoms. The van der Waals surface area contributed by atoms with E-state index in [1.54, 1.807) is 0 Å². The molecular formula is C39H78O3. The molecule has 0 saturated heterocycles. The van der Waals surface area contributed by atoms with Crippen LogP contribution < -0.4 is 0 Å². The second-order valence-corrected chi connectivity index (χ2v) is 13.7. The van der Waals surface area contributed by atoms with Crippen LogP contribution in [0.1, 0.15) is 232 Å². The van der Waals surface area contributed by atoms with E-state index in [1.807, 2.05) is 0 Å². The van der Waals surface area contributed by atoms with Crippen molar-refractivity contribution in [3.8, 4) is 0 Å². The van der Waals surface area contributed by atoms with E-state index in [-0.39, 0.29) is 5.92 Å². The zero-order valence-electron chi connectivity index (χ0n) is 29.0. The van der Waals surface area contributed by atoms with Crippen molar-refractivity contribution in [3.63, 3.8) is 0 Å². The molecule has 0 saturated carbocycles. The first-order valence-electron chi connectivity index (χ1n) is 19.5. The number of hydrogen-bond acceptors (Lipinski definition) is 2. The maximum atomic E-state index is 11.4. The Labute approximate surface area is 264 Å². The molecule has 3 nitrogen and oxygen atoms in total. The zero-order valence-corrected chi connectivity index (χ0v) is 29.0. The van der Waals surface area contributed by atoms with E-state index in [4.69, 9.17) is 0 Å². The lowest BCUT2D eigenvalue weighted by atomic mass is 9.89. The van der Waals surface area contributed by atoms with Crippen molar-refractivity contribution in [2.45, 2.75) is 238 Å². The van der Waals surface area contributed by atoms with E-state index in [0.29, 0.717) is 0 Å². The van der Waals surface area contributed by atoms with Crippen LogP contribution in [0.15, 0.2) is 0 Å². The monoisotopic (exact) mass is 595 g/mol. The normalized spacial score (nSPS) is 12.4. The molecule has 2 N–H and O–H groups in total. The van der Waals surface area contributed by atoms with Crippen molar-refractivity contribution in [2.75, 3.05) is 0 Å². The van der Waals surface area contributed by atoms with Gasteiger partial charge in [0.25, 0.3) is 0 Å². The topological polar surface area (TPSA) is 57.5 Å². The average molecular weight is 595 g/mol. The smallest absolute Gasteiger partial charge is 0.332 e. The van der Waals surface area contributed by atoms with Crippen LogP contribution in [-0.4, -0.2) is 22.3 Å². The zero-order chi connectivity index (χ0) is 30.8. The van der Waals surface area contributed by atoms with Gasteiger partial charge in [0, 0.05) is 0 Å². The van der Waals surface area contributed by atoms with E-state index in [2.05, 4.69) is 13.8 Å². The van der Waals surface area contributed by atoms with Crippen LogP contribution >= 0.6 is 0 Å². The molecule has 0 radical (unpaired) electrons. The standard InChI is InChI=1S/C39H78O3/c1-3-5-7-9-11-13-15-17-19-21-23-25-27-29-31-33-35-37(38(40)39(41)42)36-34-32-30-28-26-24-22-20-18-16-14-12-10-8-6-4-2/h37-38,40H,3-36H2,1-2H3,(H,41,42). The Morgan fingerprint density at radius 1 is 0.381 bits per heavy atom. The molecule has 1 atom stereocenters. The largest absolute Gasteiger partial charge is 0.479 e. The highest BCUT2D eigenvalue weighted by atomic mass is 16.4. The van der Waals surface area contributed by atoms with Gasteiger partial charge in [0.15, 0.2) is 6.10 Å². The number of carboxylic acid groups (broad SMARTS) is 1. The van der Waals surface area contributed by atoms with E-state index in [0.717, 1.165) is 25.7 Å². The lowest BCUT2D eigenvalue weighted by Gasteiger charge is -2.20. The van der Waals surface area contributed by atoms with Gasteiger partial charge < -0.3 is 10.2 Å². The highest BCUT2D eigenvalue weighted by Crippen LogP contribution is 2.23. The summed E-state index contributed by atoms with van der Waals surface area (Å²) in [6, 6.07) is 0. The van der Waals surface area contributed by atoms with Gasteiger partial charge in [-0.15, -0.1) is 0 Å². The lowest BCUT2D eigenvalue weighted by molar-refractivity contribution is -0.150. The Morgan fingerprint density at radius 2 is 0.571 bits per heavy atom. The molecule has 0 aliphatic rings. The van der Waals surface area contributed by atoms with Crippen LogP contribution in [0.25, 0.3) is 0 Å². The molecule has 0 aromatic heterocycles. The number of unbranched alkanes of at least 4 members (excludes halogenated alkanes) is 30. The third-order valence-electron chi connectivity index (χ3n) is 9.56. The summed E-state index contributed by atoms with van der Waals surface area (Å²) in [6.45, 7) is 4.57. The minimum Gasteiger partial charge on any atom is -0.479 e. The van der Waals surface area contributed by atoms with Gasteiger partial charge >= 0.3 is 5.97 Å². The Morgan fingerprint density at radius 3 is 0.762 bits per heavy atom. The van der Waals surface area contributed by atoms with Gasteiger partial charge in [0.05, 0.1) is 0 Å². The molecule has 0 aromatic rings. The van der Waals surface area contributed by atoms with Gasteiger partial charge in [-0.2, -0.15) is 0 Å². The van der Waals surface area contributed by atoms with Gasteiger partial charge in [-0.1, -0.05) is 219 Å². The van der Waals surface area contributed by atoms with Gasteiger partial charge in [-0.3, -0.25) is 0 Å². The summed E-state index contributed by atoms with van der Waals surface area (Å²) >= 11 is 0. The molecule has 0 heterocycles. The first-order valence-corrected chi connectivity index (χ1v) is 19.5. The third-order valence-corrected chi connectivity index (χ3v) is 9.56. The van der Waals surface area contributed by atoms with Crippen molar-refractivity contribution in [1.82, 2.24) is 0 Å². The minimum atomic E-state index is -1.18. The number of aliphatic carboxylic acids is 1. The SMILES string of the molecule is CCCCCCCCCCCCCCCCCCC(CCCCCCCCCCCCCCCCCC)C(O)C(=O)O. The van der Waals surface area contributed by atoms with Crippen LogP contribution in [-0.2, 0) is 4.79 Å². The molecule has 1 unspecified atom stereocenters. The number of rotatable bonds is 36. The first-order chi connectivity index (χ1) is 20.6. The second kappa shape index (κ2) is 34.9. The van der Waals surface area contributed by atoms with Crippen molar-refractivity contribution in [1.29, 1.82) is 0 Å². The lowest BCUT2D eigenvalue weighted by Crippen LogP contribution is -2.29. The van der Waals surface area contributed by atoms with E-state index in [1.165, 1.54) is 193 Å². The number of aliphatic hydroxyl groups is 1. The highest BCUT2D eigenvalue weighted by molar-refractivity contribution is 5.72. The molecular weight excluding hydrogens is 516 g/mol. The van der Waals surface area contributed by atoms with Crippen LogP contribution in [0.3, 0.4) is 0 Å². The Kier molecular flexibility index (Phi) is 34.4. The first kappa shape index (κ1) is 41.4. The van der Waals surface area contributed by atoms with Gasteiger partial charge in [0.2, 0.25) is 0 Å². The molecule has 0 bridgehead atoms. The summed E-state index contributed by atoms with van der Waals surface area (Å²) in [5.74, 6) is -1.10.